The summed E-state index contributed by atoms with van der Waals surface area (Å²) >= 11 is 0. The Morgan fingerprint density at radius 2 is 2.53 bits per heavy atom. The third kappa shape index (κ3) is 2.06. The zero-order valence-electron chi connectivity index (χ0n) is 9.39. The van der Waals surface area contributed by atoms with E-state index in [-0.39, 0.29) is 12.1 Å². The molecule has 0 saturated carbocycles. The van der Waals surface area contributed by atoms with Crippen LogP contribution >= 0.6 is 0 Å². The summed E-state index contributed by atoms with van der Waals surface area (Å²) in [5, 5.41) is 4.23. The summed E-state index contributed by atoms with van der Waals surface area (Å²) in [4.78, 5) is 0. The summed E-state index contributed by atoms with van der Waals surface area (Å²) in [6, 6.07) is -0.0391. The number of aromatic nitrogens is 2. The lowest BCUT2D eigenvalue weighted by atomic mass is 9.95. The second-order valence-corrected chi connectivity index (χ2v) is 4.26. The molecule has 4 nitrogen and oxygen atoms in total. The largest absolute Gasteiger partial charge is 0.376 e. The van der Waals surface area contributed by atoms with Crippen LogP contribution in [0.5, 0.6) is 0 Å². The summed E-state index contributed by atoms with van der Waals surface area (Å²) in [6.45, 7) is 5.98. The third-order valence-corrected chi connectivity index (χ3v) is 3.16. The van der Waals surface area contributed by atoms with Crippen LogP contribution in [-0.2, 0) is 11.3 Å². The minimum atomic E-state index is -0.0391. The first kappa shape index (κ1) is 10.6. The first-order chi connectivity index (χ1) is 7.22. The standard InChI is InChI=1S/C11H19N3O/c1-3-14-7-9(6-13-14)10(12)11-8(2)4-5-15-11/h6-8,10-11H,3-5,12H2,1-2H3. The van der Waals surface area contributed by atoms with Crippen molar-refractivity contribution in [2.75, 3.05) is 6.61 Å². The highest BCUT2D eigenvalue weighted by atomic mass is 16.5. The van der Waals surface area contributed by atoms with E-state index in [0.717, 1.165) is 25.1 Å². The summed E-state index contributed by atoms with van der Waals surface area (Å²) < 4.78 is 7.56. The van der Waals surface area contributed by atoms with E-state index in [1.165, 1.54) is 0 Å². The van der Waals surface area contributed by atoms with Crippen molar-refractivity contribution < 1.29 is 4.74 Å². The van der Waals surface area contributed by atoms with E-state index in [1.807, 2.05) is 17.1 Å². The van der Waals surface area contributed by atoms with E-state index in [4.69, 9.17) is 10.5 Å². The van der Waals surface area contributed by atoms with Crippen molar-refractivity contribution in [2.24, 2.45) is 11.7 Å². The van der Waals surface area contributed by atoms with Crippen molar-refractivity contribution in [1.29, 1.82) is 0 Å². The molecule has 2 heterocycles. The van der Waals surface area contributed by atoms with Gasteiger partial charge < -0.3 is 10.5 Å². The minimum absolute atomic E-state index is 0.0391. The fourth-order valence-electron chi connectivity index (χ4n) is 2.09. The van der Waals surface area contributed by atoms with Gasteiger partial charge in [0.2, 0.25) is 0 Å². The lowest BCUT2D eigenvalue weighted by molar-refractivity contribution is 0.0724. The molecule has 1 aliphatic rings. The van der Waals surface area contributed by atoms with Gasteiger partial charge in [-0.15, -0.1) is 0 Å². The Morgan fingerprint density at radius 3 is 3.07 bits per heavy atom. The maximum absolute atomic E-state index is 6.18. The summed E-state index contributed by atoms with van der Waals surface area (Å²) in [6.07, 6.45) is 5.13. The molecular weight excluding hydrogens is 190 g/mol. The Kier molecular flexibility index (Phi) is 3.07. The molecule has 0 radical (unpaired) electrons. The fourth-order valence-corrected chi connectivity index (χ4v) is 2.09. The van der Waals surface area contributed by atoms with Crippen molar-refractivity contribution in [1.82, 2.24) is 9.78 Å². The normalized spacial score (nSPS) is 28.2. The molecule has 3 atom stereocenters. The molecule has 1 aliphatic heterocycles. The molecule has 2 N–H and O–H groups in total. The van der Waals surface area contributed by atoms with E-state index in [9.17, 15) is 0 Å². The summed E-state index contributed by atoms with van der Waals surface area (Å²) in [7, 11) is 0. The Morgan fingerprint density at radius 1 is 1.73 bits per heavy atom. The Hall–Kier alpha value is -0.870. The SMILES string of the molecule is CCn1cc(C(N)C2OCCC2C)cn1. The van der Waals surface area contributed by atoms with Crippen LogP contribution in [0.25, 0.3) is 0 Å². The van der Waals surface area contributed by atoms with E-state index in [2.05, 4.69) is 18.9 Å². The van der Waals surface area contributed by atoms with Gasteiger partial charge in [-0.3, -0.25) is 4.68 Å². The van der Waals surface area contributed by atoms with Crippen LogP contribution in [0.1, 0.15) is 31.9 Å². The van der Waals surface area contributed by atoms with Gasteiger partial charge in [0.05, 0.1) is 18.3 Å². The zero-order chi connectivity index (χ0) is 10.8. The molecule has 0 bridgehead atoms. The van der Waals surface area contributed by atoms with Crippen molar-refractivity contribution >= 4 is 0 Å². The second-order valence-electron chi connectivity index (χ2n) is 4.26. The van der Waals surface area contributed by atoms with Crippen LogP contribution in [0.2, 0.25) is 0 Å². The highest BCUT2D eigenvalue weighted by Gasteiger charge is 2.31. The Labute approximate surface area is 90.4 Å². The quantitative estimate of drug-likeness (QED) is 0.817. The van der Waals surface area contributed by atoms with Crippen LogP contribution in [0.15, 0.2) is 12.4 Å². The van der Waals surface area contributed by atoms with Crippen LogP contribution in [0.3, 0.4) is 0 Å². The third-order valence-electron chi connectivity index (χ3n) is 3.16. The molecule has 4 heteroatoms. The van der Waals surface area contributed by atoms with E-state index < -0.39 is 0 Å². The van der Waals surface area contributed by atoms with Gasteiger partial charge >= 0.3 is 0 Å². The molecule has 0 aromatic carbocycles. The highest BCUT2D eigenvalue weighted by Crippen LogP contribution is 2.29. The first-order valence-corrected chi connectivity index (χ1v) is 5.62. The number of aryl methyl sites for hydroxylation is 1. The van der Waals surface area contributed by atoms with E-state index in [0.29, 0.717) is 5.92 Å². The molecule has 0 spiro atoms. The molecule has 84 valence electrons. The van der Waals surface area contributed by atoms with Gasteiger partial charge in [-0.2, -0.15) is 5.10 Å². The van der Waals surface area contributed by atoms with Gasteiger partial charge in [0.15, 0.2) is 0 Å². The van der Waals surface area contributed by atoms with Gasteiger partial charge in [0.1, 0.15) is 0 Å². The number of hydrogen-bond donors (Lipinski definition) is 1. The Bertz CT molecular complexity index is 323. The second kappa shape index (κ2) is 4.33. The Balaban J connectivity index is 2.09. The van der Waals surface area contributed by atoms with Crippen molar-refractivity contribution in [3.8, 4) is 0 Å². The van der Waals surface area contributed by atoms with Gasteiger partial charge in [-0.05, 0) is 19.3 Å². The van der Waals surface area contributed by atoms with E-state index in [1.54, 1.807) is 0 Å². The molecule has 0 amide bonds. The molecule has 15 heavy (non-hydrogen) atoms. The maximum Gasteiger partial charge on any atom is 0.0795 e. The van der Waals surface area contributed by atoms with Crippen molar-refractivity contribution in [2.45, 2.75) is 39.0 Å². The topological polar surface area (TPSA) is 53.1 Å². The maximum atomic E-state index is 6.18. The van der Waals surface area contributed by atoms with Crippen LogP contribution < -0.4 is 5.73 Å². The summed E-state index contributed by atoms with van der Waals surface area (Å²) in [5.74, 6) is 0.546. The first-order valence-electron chi connectivity index (χ1n) is 5.62. The predicted molar refractivity (Wildman–Crippen MR) is 58.4 cm³/mol. The molecule has 0 aliphatic carbocycles. The molecule has 3 unspecified atom stereocenters. The van der Waals surface area contributed by atoms with Gasteiger partial charge in [-0.1, -0.05) is 6.92 Å². The van der Waals surface area contributed by atoms with Gasteiger partial charge in [0, 0.05) is 24.9 Å². The molecule has 1 aromatic rings. The zero-order valence-corrected chi connectivity index (χ0v) is 9.39. The average Bonchev–Trinajstić information content (AvgIpc) is 2.84. The summed E-state index contributed by atoms with van der Waals surface area (Å²) in [5.41, 5.74) is 7.26. The van der Waals surface area contributed by atoms with Gasteiger partial charge in [0.25, 0.3) is 0 Å². The van der Waals surface area contributed by atoms with Crippen molar-refractivity contribution in [3.63, 3.8) is 0 Å². The van der Waals surface area contributed by atoms with Crippen LogP contribution in [-0.4, -0.2) is 22.5 Å². The van der Waals surface area contributed by atoms with E-state index >= 15 is 0 Å². The number of rotatable bonds is 3. The lowest BCUT2D eigenvalue weighted by Gasteiger charge is -2.21. The average molecular weight is 209 g/mol. The number of nitrogens with two attached hydrogens (primary N) is 1. The highest BCUT2D eigenvalue weighted by molar-refractivity contribution is 5.12. The van der Waals surface area contributed by atoms with Crippen molar-refractivity contribution in [3.05, 3.63) is 18.0 Å². The van der Waals surface area contributed by atoms with Crippen LogP contribution in [0, 0.1) is 5.92 Å². The molecule has 1 fully saturated rings. The molecule has 1 aromatic heterocycles. The predicted octanol–water partition coefficient (Wildman–Crippen LogP) is 1.33. The smallest absolute Gasteiger partial charge is 0.0795 e. The number of hydrogen-bond acceptors (Lipinski definition) is 3. The minimum Gasteiger partial charge on any atom is -0.376 e. The van der Waals surface area contributed by atoms with Gasteiger partial charge in [-0.25, -0.2) is 0 Å². The molecule has 1 saturated heterocycles. The number of nitrogens with zero attached hydrogens (tertiary/aromatic N) is 2. The molecular formula is C11H19N3O. The van der Waals surface area contributed by atoms with Crippen LogP contribution in [0.4, 0.5) is 0 Å². The molecule has 2 rings (SSSR count). The fraction of sp³-hybridized carbons (Fsp3) is 0.727. The monoisotopic (exact) mass is 209 g/mol. The lowest BCUT2D eigenvalue weighted by Crippen LogP contribution is -2.29. The number of ether oxygens (including phenoxy) is 1.